The van der Waals surface area contributed by atoms with Crippen molar-refractivity contribution in [2.45, 2.75) is 13.8 Å². The Morgan fingerprint density at radius 3 is 1.76 bits per heavy atom. The van der Waals surface area contributed by atoms with E-state index in [0.29, 0.717) is 0 Å². The van der Waals surface area contributed by atoms with E-state index in [1.807, 2.05) is 44.2 Å². The number of nitro benzene ring substituents is 1. The van der Waals surface area contributed by atoms with Crippen LogP contribution >= 0.6 is 0 Å². The second-order valence-corrected chi connectivity index (χ2v) is 3.17. The van der Waals surface area contributed by atoms with Gasteiger partial charge in [-0.2, -0.15) is 0 Å². The van der Waals surface area contributed by atoms with Crippen molar-refractivity contribution in [2.24, 2.45) is 0 Å². The molecule has 0 aliphatic heterocycles. The van der Waals surface area contributed by atoms with E-state index < -0.39 is 4.92 Å². The lowest BCUT2D eigenvalue weighted by Crippen LogP contribution is -1.86. The van der Waals surface area contributed by atoms with Gasteiger partial charge in [0.05, 0.1) is 4.92 Å². The molecule has 17 heavy (non-hydrogen) atoms. The van der Waals surface area contributed by atoms with Gasteiger partial charge in [0.25, 0.3) is 5.69 Å². The Hall–Kier alpha value is -2.16. The van der Waals surface area contributed by atoms with Crippen molar-refractivity contribution in [3.8, 4) is 11.1 Å². The molecular weight excluding hydrogens is 214 g/mol. The maximum Gasteiger partial charge on any atom is 0.269 e. The third-order valence-corrected chi connectivity index (χ3v) is 2.19. The van der Waals surface area contributed by atoms with Crippen LogP contribution in [-0.2, 0) is 0 Å². The summed E-state index contributed by atoms with van der Waals surface area (Å²) in [6.07, 6.45) is 0. The fraction of sp³-hybridized carbons (Fsp3) is 0.143. The zero-order valence-electron chi connectivity index (χ0n) is 9.96. The minimum Gasteiger partial charge on any atom is -0.258 e. The Morgan fingerprint density at radius 2 is 1.29 bits per heavy atom. The lowest BCUT2D eigenvalue weighted by Gasteiger charge is -1.99. The maximum absolute atomic E-state index is 10.5. The second kappa shape index (κ2) is 6.43. The molecule has 2 aromatic carbocycles. The average Bonchev–Trinajstić information content (AvgIpc) is 2.42. The third-order valence-electron chi connectivity index (χ3n) is 2.19. The number of nitrogens with zero attached hydrogens (tertiary/aromatic N) is 1. The molecule has 0 aliphatic carbocycles. The standard InChI is InChI=1S/C12H9NO2.C2H6/c14-13(15)12-8-6-11(7-9-12)10-4-2-1-3-5-10;1-2/h1-9H;1-2H3. The molecule has 0 N–H and O–H groups in total. The fourth-order valence-corrected chi connectivity index (χ4v) is 1.41. The summed E-state index contributed by atoms with van der Waals surface area (Å²) in [5.41, 5.74) is 2.17. The lowest BCUT2D eigenvalue weighted by atomic mass is 10.1. The summed E-state index contributed by atoms with van der Waals surface area (Å²) < 4.78 is 0. The zero-order chi connectivity index (χ0) is 12.7. The molecule has 0 bridgehead atoms. The topological polar surface area (TPSA) is 43.1 Å². The van der Waals surface area contributed by atoms with E-state index in [2.05, 4.69) is 0 Å². The van der Waals surface area contributed by atoms with Crippen molar-refractivity contribution in [3.63, 3.8) is 0 Å². The van der Waals surface area contributed by atoms with Gasteiger partial charge in [-0.3, -0.25) is 10.1 Å². The highest BCUT2D eigenvalue weighted by atomic mass is 16.6. The molecule has 0 heterocycles. The summed E-state index contributed by atoms with van der Waals surface area (Å²) in [5, 5.41) is 10.5. The molecule has 2 aromatic rings. The van der Waals surface area contributed by atoms with Crippen LogP contribution in [0.1, 0.15) is 13.8 Å². The predicted molar refractivity (Wildman–Crippen MR) is 69.9 cm³/mol. The van der Waals surface area contributed by atoms with Gasteiger partial charge in [-0.15, -0.1) is 0 Å². The van der Waals surface area contributed by atoms with E-state index in [9.17, 15) is 10.1 Å². The molecule has 0 spiro atoms. The smallest absolute Gasteiger partial charge is 0.258 e. The van der Waals surface area contributed by atoms with Gasteiger partial charge in [0.15, 0.2) is 0 Å². The molecule has 0 aliphatic rings. The Bertz CT molecular complexity index is 463. The molecule has 3 heteroatoms. The summed E-state index contributed by atoms with van der Waals surface area (Å²) in [6.45, 7) is 4.00. The first-order valence-corrected chi connectivity index (χ1v) is 5.57. The summed E-state index contributed by atoms with van der Waals surface area (Å²) >= 11 is 0. The Balaban J connectivity index is 0.000000686. The first kappa shape index (κ1) is 12.9. The molecule has 0 fully saturated rings. The van der Waals surface area contributed by atoms with E-state index in [1.165, 1.54) is 12.1 Å². The highest BCUT2D eigenvalue weighted by molar-refractivity contribution is 5.64. The van der Waals surface area contributed by atoms with Gasteiger partial charge in [-0.05, 0) is 23.3 Å². The van der Waals surface area contributed by atoms with E-state index in [0.717, 1.165) is 11.1 Å². The molecule has 0 saturated heterocycles. The molecule has 0 aromatic heterocycles. The van der Waals surface area contributed by atoms with Crippen molar-refractivity contribution >= 4 is 5.69 Å². The molecule has 3 nitrogen and oxygen atoms in total. The second-order valence-electron chi connectivity index (χ2n) is 3.17. The Morgan fingerprint density at radius 1 is 0.824 bits per heavy atom. The van der Waals surface area contributed by atoms with Gasteiger partial charge < -0.3 is 0 Å². The number of benzene rings is 2. The summed E-state index contributed by atoms with van der Waals surface area (Å²) in [4.78, 5) is 10.1. The van der Waals surface area contributed by atoms with E-state index in [-0.39, 0.29) is 5.69 Å². The molecule has 0 radical (unpaired) electrons. The number of rotatable bonds is 2. The van der Waals surface area contributed by atoms with Gasteiger partial charge in [-0.1, -0.05) is 44.2 Å². The first-order valence-electron chi connectivity index (χ1n) is 5.57. The zero-order valence-corrected chi connectivity index (χ0v) is 9.96. The molecule has 0 amide bonds. The van der Waals surface area contributed by atoms with E-state index in [4.69, 9.17) is 0 Å². The van der Waals surface area contributed by atoms with Gasteiger partial charge in [0.1, 0.15) is 0 Å². The fourth-order valence-electron chi connectivity index (χ4n) is 1.41. The van der Waals surface area contributed by atoms with Crippen molar-refractivity contribution in [1.29, 1.82) is 0 Å². The minimum atomic E-state index is -0.394. The van der Waals surface area contributed by atoms with Crippen LogP contribution in [0.25, 0.3) is 11.1 Å². The third kappa shape index (κ3) is 3.41. The molecule has 88 valence electrons. The van der Waals surface area contributed by atoms with Crippen molar-refractivity contribution in [1.82, 2.24) is 0 Å². The van der Waals surface area contributed by atoms with Crippen LogP contribution in [-0.4, -0.2) is 4.92 Å². The van der Waals surface area contributed by atoms with E-state index in [1.54, 1.807) is 12.1 Å². The van der Waals surface area contributed by atoms with Gasteiger partial charge in [0, 0.05) is 12.1 Å². The quantitative estimate of drug-likeness (QED) is 0.569. The van der Waals surface area contributed by atoms with Crippen molar-refractivity contribution in [3.05, 3.63) is 64.7 Å². The first-order chi connectivity index (χ1) is 8.27. The summed E-state index contributed by atoms with van der Waals surface area (Å²) in [6, 6.07) is 16.3. The highest BCUT2D eigenvalue weighted by Crippen LogP contribution is 2.21. The molecular formula is C14H15NO2. The van der Waals surface area contributed by atoms with Gasteiger partial charge >= 0.3 is 0 Å². The maximum atomic E-state index is 10.5. The lowest BCUT2D eigenvalue weighted by molar-refractivity contribution is -0.384. The summed E-state index contributed by atoms with van der Waals surface area (Å²) in [7, 11) is 0. The van der Waals surface area contributed by atoms with Crippen molar-refractivity contribution < 1.29 is 4.92 Å². The van der Waals surface area contributed by atoms with Crippen LogP contribution in [0.2, 0.25) is 0 Å². The SMILES string of the molecule is CC.O=[N+]([O-])c1ccc(-c2ccccc2)cc1. The monoisotopic (exact) mass is 229 g/mol. The van der Waals surface area contributed by atoms with Gasteiger partial charge in [0.2, 0.25) is 0 Å². The van der Waals surface area contributed by atoms with Gasteiger partial charge in [-0.25, -0.2) is 0 Å². The van der Waals surface area contributed by atoms with Crippen LogP contribution in [0.4, 0.5) is 5.69 Å². The molecule has 2 rings (SSSR count). The van der Waals surface area contributed by atoms with Crippen molar-refractivity contribution in [2.75, 3.05) is 0 Å². The largest absolute Gasteiger partial charge is 0.269 e. The Labute approximate surface area is 101 Å². The molecule has 0 unspecified atom stereocenters. The Kier molecular flexibility index (Phi) is 4.88. The number of hydrogen-bond acceptors (Lipinski definition) is 2. The van der Waals surface area contributed by atoms with Crippen LogP contribution in [0.15, 0.2) is 54.6 Å². The summed E-state index contributed by atoms with van der Waals surface area (Å²) in [5.74, 6) is 0. The van der Waals surface area contributed by atoms with Crippen LogP contribution in [0, 0.1) is 10.1 Å². The van der Waals surface area contributed by atoms with Crippen LogP contribution < -0.4 is 0 Å². The van der Waals surface area contributed by atoms with Crippen LogP contribution in [0.3, 0.4) is 0 Å². The number of hydrogen-bond donors (Lipinski definition) is 0. The number of non-ortho nitro benzene ring substituents is 1. The molecule has 0 atom stereocenters. The minimum absolute atomic E-state index is 0.120. The normalized spacial score (nSPS) is 9.06. The highest BCUT2D eigenvalue weighted by Gasteiger charge is 2.04. The predicted octanol–water partition coefficient (Wildman–Crippen LogP) is 4.29. The van der Waals surface area contributed by atoms with Crippen LogP contribution in [0.5, 0.6) is 0 Å². The number of nitro groups is 1. The molecule has 0 saturated carbocycles. The van der Waals surface area contributed by atoms with E-state index >= 15 is 0 Å². The average molecular weight is 229 g/mol.